The Morgan fingerprint density at radius 2 is 1.92 bits per heavy atom. The number of carbonyl (C=O) groups is 2. The lowest BCUT2D eigenvalue weighted by Crippen LogP contribution is -2.40. The number of carboxylic acid groups (broad SMARTS) is 1. The maximum absolute atomic E-state index is 12.7. The van der Waals surface area contributed by atoms with Gasteiger partial charge in [0.1, 0.15) is 6.04 Å². The van der Waals surface area contributed by atoms with Gasteiger partial charge in [0, 0.05) is 21.9 Å². The molecule has 6 heteroatoms. The molecule has 1 fully saturated rings. The number of aliphatic carboxylic acids is 1. The zero-order chi connectivity index (χ0) is 16.7. The van der Waals surface area contributed by atoms with E-state index in [1.54, 1.807) is 17.8 Å². The highest BCUT2D eigenvalue weighted by Crippen LogP contribution is 2.44. The summed E-state index contributed by atoms with van der Waals surface area (Å²) in [5.74, 6) is -1.14. The van der Waals surface area contributed by atoms with Crippen LogP contribution in [0, 0.1) is 0 Å². The first-order valence-corrected chi connectivity index (χ1v) is 8.67. The third-order valence-corrected chi connectivity index (χ3v) is 5.55. The Kier molecular flexibility index (Phi) is 3.69. The highest BCUT2D eigenvalue weighted by molar-refractivity contribution is 7.99. The molecule has 0 aliphatic carbocycles. The van der Waals surface area contributed by atoms with E-state index in [0.29, 0.717) is 18.5 Å². The van der Waals surface area contributed by atoms with E-state index in [-0.39, 0.29) is 5.91 Å². The number of nitrogens with zero attached hydrogens (tertiary/aromatic N) is 1. The topological polar surface area (TPSA) is 69.6 Å². The van der Waals surface area contributed by atoms with Crippen LogP contribution < -0.4 is 5.32 Å². The Hall–Kier alpha value is -2.47. The molecule has 2 aliphatic rings. The predicted molar refractivity (Wildman–Crippen MR) is 92.0 cm³/mol. The molecule has 5 nitrogen and oxygen atoms in total. The molecule has 0 unspecified atom stereocenters. The number of rotatable bonds is 2. The van der Waals surface area contributed by atoms with Gasteiger partial charge in [-0.15, -0.1) is 0 Å². The summed E-state index contributed by atoms with van der Waals surface area (Å²) in [4.78, 5) is 27.7. The van der Waals surface area contributed by atoms with Gasteiger partial charge >= 0.3 is 5.97 Å². The van der Waals surface area contributed by atoms with Crippen molar-refractivity contribution in [1.29, 1.82) is 0 Å². The lowest BCUT2D eigenvalue weighted by molar-refractivity contribution is -0.141. The Morgan fingerprint density at radius 3 is 2.75 bits per heavy atom. The normalized spacial score (nSPS) is 18.5. The first-order valence-electron chi connectivity index (χ1n) is 7.85. The second-order valence-electron chi connectivity index (χ2n) is 5.93. The Balaban J connectivity index is 1.63. The molecular weight excluding hydrogens is 324 g/mol. The summed E-state index contributed by atoms with van der Waals surface area (Å²) >= 11 is 1.66. The van der Waals surface area contributed by atoms with E-state index in [9.17, 15) is 14.7 Å². The maximum Gasteiger partial charge on any atom is 0.326 e. The average Bonchev–Trinajstić information content (AvgIpc) is 3.08. The van der Waals surface area contributed by atoms with Crippen molar-refractivity contribution in [1.82, 2.24) is 4.90 Å². The summed E-state index contributed by atoms with van der Waals surface area (Å²) in [5.41, 5.74) is 2.43. The molecule has 4 rings (SSSR count). The van der Waals surface area contributed by atoms with Crippen LogP contribution in [0.2, 0.25) is 0 Å². The van der Waals surface area contributed by atoms with Gasteiger partial charge in [0.15, 0.2) is 0 Å². The SMILES string of the molecule is O=C(O)[C@@H]1CCCN1C(=O)c1ccc2c(c1)Nc1ccccc1S2. The van der Waals surface area contributed by atoms with Gasteiger partial charge in [-0.2, -0.15) is 0 Å². The van der Waals surface area contributed by atoms with Crippen LogP contribution in [0.1, 0.15) is 23.2 Å². The zero-order valence-corrected chi connectivity index (χ0v) is 13.7. The van der Waals surface area contributed by atoms with E-state index in [4.69, 9.17) is 0 Å². The fourth-order valence-corrected chi connectivity index (χ4v) is 4.17. The molecule has 1 saturated heterocycles. The number of anilines is 2. The fourth-order valence-electron chi connectivity index (χ4n) is 3.20. The predicted octanol–water partition coefficient (Wildman–Crippen LogP) is 3.58. The number of benzene rings is 2. The molecule has 24 heavy (non-hydrogen) atoms. The van der Waals surface area contributed by atoms with Crippen LogP contribution in [0.15, 0.2) is 52.3 Å². The van der Waals surface area contributed by atoms with E-state index < -0.39 is 12.0 Å². The van der Waals surface area contributed by atoms with Gasteiger partial charge in [-0.25, -0.2) is 4.79 Å². The molecular formula is C18H16N2O3S. The molecule has 2 aromatic carbocycles. The smallest absolute Gasteiger partial charge is 0.326 e. The van der Waals surface area contributed by atoms with Gasteiger partial charge in [0.25, 0.3) is 5.91 Å². The summed E-state index contributed by atoms with van der Waals surface area (Å²) in [7, 11) is 0. The number of hydrogen-bond donors (Lipinski definition) is 2. The van der Waals surface area contributed by atoms with Crippen LogP contribution >= 0.6 is 11.8 Å². The second kappa shape index (κ2) is 5.87. The van der Waals surface area contributed by atoms with Gasteiger partial charge < -0.3 is 15.3 Å². The molecule has 0 aromatic heterocycles. The largest absolute Gasteiger partial charge is 0.480 e. The lowest BCUT2D eigenvalue weighted by Gasteiger charge is -2.24. The summed E-state index contributed by atoms with van der Waals surface area (Å²) in [6.45, 7) is 0.498. The minimum atomic E-state index is -0.929. The van der Waals surface area contributed by atoms with Crippen LogP contribution in [-0.2, 0) is 4.79 Å². The summed E-state index contributed by atoms with van der Waals surface area (Å²) in [6.07, 6.45) is 1.25. The number of carbonyl (C=O) groups excluding carboxylic acids is 1. The average molecular weight is 340 g/mol. The van der Waals surface area contributed by atoms with E-state index in [1.165, 1.54) is 4.90 Å². The minimum absolute atomic E-state index is 0.214. The zero-order valence-electron chi connectivity index (χ0n) is 12.9. The summed E-state index contributed by atoms with van der Waals surface area (Å²) in [5, 5.41) is 12.6. The van der Waals surface area contributed by atoms with E-state index in [1.807, 2.05) is 30.3 Å². The Morgan fingerprint density at radius 1 is 1.12 bits per heavy atom. The van der Waals surface area contributed by atoms with Crippen molar-refractivity contribution in [3.63, 3.8) is 0 Å². The molecule has 2 heterocycles. The molecule has 2 N–H and O–H groups in total. The van der Waals surface area contributed by atoms with Crippen LogP contribution in [-0.4, -0.2) is 34.5 Å². The number of para-hydroxylation sites is 1. The van der Waals surface area contributed by atoms with Crippen molar-refractivity contribution in [3.05, 3.63) is 48.0 Å². The quantitative estimate of drug-likeness (QED) is 0.746. The molecule has 0 saturated carbocycles. The van der Waals surface area contributed by atoms with Crippen LogP contribution in [0.3, 0.4) is 0 Å². The Labute approximate surface area is 143 Å². The molecule has 0 bridgehead atoms. The third kappa shape index (κ3) is 2.53. The molecule has 2 aliphatic heterocycles. The molecule has 122 valence electrons. The van der Waals surface area contributed by atoms with Crippen molar-refractivity contribution >= 4 is 35.0 Å². The number of carboxylic acids is 1. The van der Waals surface area contributed by atoms with Crippen molar-refractivity contribution in [2.75, 3.05) is 11.9 Å². The van der Waals surface area contributed by atoms with Gasteiger partial charge in [0.2, 0.25) is 0 Å². The number of likely N-dealkylation sites (tertiary alicyclic amines) is 1. The third-order valence-electron chi connectivity index (χ3n) is 4.40. The van der Waals surface area contributed by atoms with Crippen molar-refractivity contribution in [2.24, 2.45) is 0 Å². The second-order valence-corrected chi connectivity index (χ2v) is 7.01. The van der Waals surface area contributed by atoms with Gasteiger partial charge in [-0.05, 0) is 43.2 Å². The summed E-state index contributed by atoms with van der Waals surface area (Å²) < 4.78 is 0. The Bertz CT molecular complexity index is 837. The van der Waals surface area contributed by atoms with Crippen molar-refractivity contribution in [3.8, 4) is 0 Å². The summed E-state index contributed by atoms with van der Waals surface area (Å²) in [6, 6.07) is 12.8. The van der Waals surface area contributed by atoms with Gasteiger partial charge in [0.05, 0.1) is 11.4 Å². The first-order chi connectivity index (χ1) is 11.6. The van der Waals surface area contributed by atoms with Gasteiger partial charge in [-0.3, -0.25) is 4.79 Å². The van der Waals surface area contributed by atoms with E-state index in [2.05, 4.69) is 11.4 Å². The molecule has 2 aromatic rings. The highest BCUT2D eigenvalue weighted by atomic mass is 32.2. The molecule has 1 amide bonds. The molecule has 1 atom stereocenters. The van der Waals surface area contributed by atoms with Crippen LogP contribution in [0.5, 0.6) is 0 Å². The highest BCUT2D eigenvalue weighted by Gasteiger charge is 2.34. The van der Waals surface area contributed by atoms with Crippen molar-refractivity contribution < 1.29 is 14.7 Å². The monoisotopic (exact) mass is 340 g/mol. The van der Waals surface area contributed by atoms with E-state index >= 15 is 0 Å². The first kappa shape index (κ1) is 15.1. The molecule has 0 spiro atoms. The maximum atomic E-state index is 12.7. The minimum Gasteiger partial charge on any atom is -0.480 e. The van der Waals surface area contributed by atoms with Crippen molar-refractivity contribution in [2.45, 2.75) is 28.7 Å². The molecule has 0 radical (unpaired) electrons. The van der Waals surface area contributed by atoms with Crippen LogP contribution in [0.25, 0.3) is 0 Å². The number of amides is 1. The van der Waals surface area contributed by atoms with Crippen LogP contribution in [0.4, 0.5) is 11.4 Å². The van der Waals surface area contributed by atoms with E-state index in [0.717, 1.165) is 27.6 Å². The van der Waals surface area contributed by atoms with Gasteiger partial charge in [-0.1, -0.05) is 23.9 Å². The standard InChI is InChI=1S/C18H16N2O3S/c21-17(20-9-3-5-14(20)18(22)23)11-7-8-16-13(10-11)19-12-4-1-2-6-15(12)24-16/h1-2,4,6-8,10,14,19H,3,5,9H2,(H,22,23)/t14-/m0/s1. The fraction of sp³-hybridized carbons (Fsp3) is 0.222. The number of hydrogen-bond acceptors (Lipinski definition) is 4. The lowest BCUT2D eigenvalue weighted by atomic mass is 10.1. The number of nitrogens with one attached hydrogen (secondary N) is 1. The number of fused-ring (bicyclic) bond motifs is 2.